The molecule has 10 nitrogen and oxygen atoms in total. The van der Waals surface area contributed by atoms with Crippen molar-refractivity contribution in [3.05, 3.63) is 29.5 Å². The maximum absolute atomic E-state index is 11.9. The smallest absolute Gasteiger partial charge is 0.350 e. The van der Waals surface area contributed by atoms with Crippen molar-refractivity contribution < 1.29 is 23.7 Å². The number of nitrogens with zero attached hydrogens (tertiary/aromatic N) is 4. The van der Waals surface area contributed by atoms with Crippen molar-refractivity contribution in [3.8, 4) is 11.5 Å². The quantitative estimate of drug-likeness (QED) is 0.320. The first-order chi connectivity index (χ1) is 17.2. The maximum Gasteiger partial charge on any atom is 0.350 e. The van der Waals surface area contributed by atoms with Crippen LogP contribution >= 0.6 is 11.3 Å². The lowest BCUT2D eigenvalue weighted by atomic mass is 10.2. The summed E-state index contributed by atoms with van der Waals surface area (Å²) in [4.78, 5) is 27.7. The third-order valence-corrected chi connectivity index (χ3v) is 6.00. The molecule has 0 bridgehead atoms. The Hall–Kier alpha value is -3.02. The lowest BCUT2D eigenvalue weighted by Crippen LogP contribution is -2.37. The second-order valence-electron chi connectivity index (χ2n) is 7.27. The number of hydrogen-bond acceptors (Lipinski definition) is 11. The summed E-state index contributed by atoms with van der Waals surface area (Å²) in [6, 6.07) is 3.69. The van der Waals surface area contributed by atoms with Gasteiger partial charge in [-0.1, -0.05) is 25.2 Å². The van der Waals surface area contributed by atoms with Gasteiger partial charge in [-0.3, -0.25) is 4.90 Å². The van der Waals surface area contributed by atoms with E-state index < -0.39 is 5.97 Å². The number of methoxy groups -OCH3 is 1. The SMILES string of the molecule is CC.CCOC(=O)c1cnc(Nc2ncnc3cc(OCCCN4CCOCC4)c(OC)cc23)s1. The van der Waals surface area contributed by atoms with E-state index >= 15 is 0 Å². The Balaban J connectivity index is 0.00000167. The standard InChI is InChI=1S/C22H27N5O5S.C2H6/c1-3-31-21(28)19-13-23-22(33-19)26-20-15-11-17(29-2)18(12-16(15)24-14-25-20)32-8-4-5-27-6-9-30-10-7-27;1-2/h11-14H,3-10H2,1-2H3,(H,23,24,25,26);1-2H3. The largest absolute Gasteiger partial charge is 0.493 e. The monoisotopic (exact) mass is 503 g/mol. The van der Waals surface area contributed by atoms with E-state index in [1.807, 2.05) is 26.0 Å². The van der Waals surface area contributed by atoms with Gasteiger partial charge in [-0.25, -0.2) is 19.7 Å². The minimum Gasteiger partial charge on any atom is -0.493 e. The molecule has 1 aliphatic heterocycles. The fourth-order valence-electron chi connectivity index (χ4n) is 3.46. The Morgan fingerprint density at radius 3 is 2.71 bits per heavy atom. The number of aromatic nitrogens is 3. The van der Waals surface area contributed by atoms with Crippen LogP contribution in [0.1, 0.15) is 36.9 Å². The molecule has 190 valence electrons. The molecule has 0 saturated carbocycles. The van der Waals surface area contributed by atoms with Gasteiger partial charge in [0.1, 0.15) is 17.0 Å². The molecule has 11 heteroatoms. The Morgan fingerprint density at radius 1 is 1.17 bits per heavy atom. The number of benzene rings is 1. The molecule has 0 radical (unpaired) electrons. The zero-order valence-electron chi connectivity index (χ0n) is 20.7. The van der Waals surface area contributed by atoms with Crippen molar-refractivity contribution >= 4 is 39.2 Å². The second-order valence-corrected chi connectivity index (χ2v) is 8.30. The van der Waals surface area contributed by atoms with Crippen LogP contribution in [0.5, 0.6) is 11.5 Å². The number of ether oxygens (including phenoxy) is 4. The van der Waals surface area contributed by atoms with Gasteiger partial charge in [0.05, 0.1) is 45.3 Å². The minimum atomic E-state index is -0.396. The number of esters is 1. The van der Waals surface area contributed by atoms with Crippen LogP contribution in [-0.4, -0.2) is 79.0 Å². The molecule has 4 rings (SSSR count). The minimum absolute atomic E-state index is 0.313. The predicted octanol–water partition coefficient (Wildman–Crippen LogP) is 4.14. The van der Waals surface area contributed by atoms with Gasteiger partial charge in [-0.05, 0) is 19.4 Å². The molecule has 1 aromatic carbocycles. The van der Waals surface area contributed by atoms with Crippen molar-refractivity contribution in [2.75, 3.05) is 58.5 Å². The van der Waals surface area contributed by atoms with Gasteiger partial charge in [0.25, 0.3) is 0 Å². The van der Waals surface area contributed by atoms with Crippen LogP contribution in [0.2, 0.25) is 0 Å². The molecule has 1 aliphatic rings. The molecule has 1 saturated heterocycles. The molecule has 35 heavy (non-hydrogen) atoms. The van der Waals surface area contributed by atoms with E-state index in [0.29, 0.717) is 46.1 Å². The molecule has 0 spiro atoms. The summed E-state index contributed by atoms with van der Waals surface area (Å²) >= 11 is 1.20. The van der Waals surface area contributed by atoms with Crippen molar-refractivity contribution in [1.82, 2.24) is 19.9 Å². The number of hydrogen-bond donors (Lipinski definition) is 1. The first-order valence-corrected chi connectivity index (χ1v) is 12.6. The summed E-state index contributed by atoms with van der Waals surface area (Å²) in [5.74, 6) is 1.39. The van der Waals surface area contributed by atoms with E-state index in [2.05, 4.69) is 25.2 Å². The molecular formula is C24H33N5O5S. The van der Waals surface area contributed by atoms with Crippen LogP contribution < -0.4 is 14.8 Å². The highest BCUT2D eigenvalue weighted by Gasteiger charge is 2.16. The topological polar surface area (TPSA) is 108 Å². The van der Waals surface area contributed by atoms with E-state index in [-0.39, 0.29) is 0 Å². The van der Waals surface area contributed by atoms with Gasteiger partial charge in [0.15, 0.2) is 16.6 Å². The van der Waals surface area contributed by atoms with Gasteiger partial charge in [0, 0.05) is 31.1 Å². The average molecular weight is 504 g/mol. The van der Waals surface area contributed by atoms with E-state index in [1.54, 1.807) is 14.0 Å². The third kappa shape index (κ3) is 7.23. The van der Waals surface area contributed by atoms with E-state index in [9.17, 15) is 4.79 Å². The van der Waals surface area contributed by atoms with Gasteiger partial charge in [-0.2, -0.15) is 0 Å². The Kier molecular flexibility index (Phi) is 10.5. The summed E-state index contributed by atoms with van der Waals surface area (Å²) in [6.45, 7) is 11.1. The molecular weight excluding hydrogens is 470 g/mol. The van der Waals surface area contributed by atoms with Crippen LogP contribution in [0.4, 0.5) is 10.9 Å². The summed E-state index contributed by atoms with van der Waals surface area (Å²) in [5.41, 5.74) is 0.707. The lowest BCUT2D eigenvalue weighted by Gasteiger charge is -2.26. The van der Waals surface area contributed by atoms with Gasteiger partial charge < -0.3 is 24.3 Å². The number of carbonyl (C=O) groups is 1. The van der Waals surface area contributed by atoms with Gasteiger partial charge >= 0.3 is 5.97 Å². The van der Waals surface area contributed by atoms with Gasteiger partial charge in [-0.15, -0.1) is 0 Å². The molecule has 0 amide bonds. The number of carbonyl (C=O) groups excluding carboxylic acids is 1. The first-order valence-electron chi connectivity index (χ1n) is 11.8. The number of anilines is 2. The normalized spacial score (nSPS) is 13.6. The predicted molar refractivity (Wildman–Crippen MR) is 136 cm³/mol. The number of morpholine rings is 1. The van der Waals surface area contributed by atoms with Gasteiger partial charge in [0.2, 0.25) is 0 Å². The summed E-state index contributed by atoms with van der Waals surface area (Å²) in [6.07, 6.45) is 3.86. The van der Waals surface area contributed by atoms with Crippen molar-refractivity contribution in [2.45, 2.75) is 27.2 Å². The third-order valence-electron chi connectivity index (χ3n) is 5.11. The Bertz CT molecular complexity index is 1090. The number of fused-ring (bicyclic) bond motifs is 1. The van der Waals surface area contributed by atoms with E-state index in [4.69, 9.17) is 18.9 Å². The molecule has 2 aromatic heterocycles. The van der Waals surface area contributed by atoms with E-state index in [1.165, 1.54) is 23.9 Å². The van der Waals surface area contributed by atoms with Crippen molar-refractivity contribution in [1.29, 1.82) is 0 Å². The highest BCUT2D eigenvalue weighted by molar-refractivity contribution is 7.17. The number of nitrogens with one attached hydrogen (secondary N) is 1. The summed E-state index contributed by atoms with van der Waals surface area (Å²) < 4.78 is 22.0. The summed E-state index contributed by atoms with van der Waals surface area (Å²) in [7, 11) is 1.60. The lowest BCUT2D eigenvalue weighted by molar-refractivity contribution is 0.0357. The fraction of sp³-hybridized carbons (Fsp3) is 0.500. The molecule has 3 aromatic rings. The molecule has 0 aliphatic carbocycles. The summed E-state index contributed by atoms with van der Waals surface area (Å²) in [5, 5.41) is 4.44. The molecule has 0 atom stereocenters. The molecule has 0 unspecified atom stereocenters. The van der Waals surface area contributed by atoms with Crippen LogP contribution in [-0.2, 0) is 9.47 Å². The Morgan fingerprint density at radius 2 is 1.97 bits per heavy atom. The fourth-order valence-corrected chi connectivity index (χ4v) is 4.17. The molecule has 1 fully saturated rings. The zero-order valence-corrected chi connectivity index (χ0v) is 21.5. The first kappa shape index (κ1) is 26.6. The molecule has 1 N–H and O–H groups in total. The highest BCUT2D eigenvalue weighted by atomic mass is 32.1. The highest BCUT2D eigenvalue weighted by Crippen LogP contribution is 2.35. The average Bonchev–Trinajstić information content (AvgIpc) is 3.37. The van der Waals surface area contributed by atoms with E-state index in [0.717, 1.165) is 44.7 Å². The maximum atomic E-state index is 11.9. The van der Waals surface area contributed by atoms with Crippen LogP contribution in [0.25, 0.3) is 10.9 Å². The Labute approximate surface area is 209 Å². The van der Waals surface area contributed by atoms with Crippen molar-refractivity contribution in [2.24, 2.45) is 0 Å². The zero-order chi connectivity index (χ0) is 25.0. The number of rotatable bonds is 10. The second kappa shape index (κ2) is 13.8. The number of thiazole rings is 1. The molecule has 3 heterocycles. The van der Waals surface area contributed by atoms with Crippen LogP contribution in [0.3, 0.4) is 0 Å². The van der Waals surface area contributed by atoms with Crippen molar-refractivity contribution in [3.63, 3.8) is 0 Å². The van der Waals surface area contributed by atoms with Crippen LogP contribution in [0.15, 0.2) is 24.7 Å². The van der Waals surface area contributed by atoms with Crippen LogP contribution in [0, 0.1) is 0 Å².